The molecule has 29 heavy (non-hydrogen) atoms. The SMILES string of the molecule is CC[C@@H](C1CCCCCC1)N(Cc1ccccc1)C(C)(C)[C@@H]1CC[C@@H](C)C[C@H]1O. The quantitative estimate of drug-likeness (QED) is 0.509. The average molecular weight is 400 g/mol. The van der Waals surface area contributed by atoms with Crippen molar-refractivity contribution in [2.75, 3.05) is 0 Å². The Hall–Kier alpha value is -0.860. The fraction of sp³-hybridized carbons (Fsp3) is 0.778. The van der Waals surface area contributed by atoms with Crippen molar-refractivity contribution >= 4 is 0 Å². The van der Waals surface area contributed by atoms with Gasteiger partial charge in [-0.2, -0.15) is 0 Å². The van der Waals surface area contributed by atoms with Gasteiger partial charge in [-0.25, -0.2) is 0 Å². The molecule has 0 bridgehead atoms. The Morgan fingerprint density at radius 1 is 1.00 bits per heavy atom. The molecule has 164 valence electrons. The van der Waals surface area contributed by atoms with Crippen LogP contribution in [-0.2, 0) is 6.54 Å². The standard InChI is InChI=1S/C27H45NO/c1-5-25(23-15-11-6-7-12-16-23)28(20-22-13-9-8-10-14-22)27(3,4)24-18-17-21(2)19-26(24)29/h8-10,13-14,21,23-26,29H,5-7,11-12,15-20H2,1-4H3/t21-,24-,25+,26-/m1/s1. The van der Waals surface area contributed by atoms with Gasteiger partial charge in [-0.05, 0) is 63.4 Å². The molecule has 1 aromatic carbocycles. The van der Waals surface area contributed by atoms with E-state index in [2.05, 4.69) is 62.9 Å². The Morgan fingerprint density at radius 3 is 2.24 bits per heavy atom. The maximum Gasteiger partial charge on any atom is 0.0588 e. The van der Waals surface area contributed by atoms with Gasteiger partial charge in [0.2, 0.25) is 0 Å². The van der Waals surface area contributed by atoms with Crippen LogP contribution in [0.4, 0.5) is 0 Å². The molecule has 0 heterocycles. The van der Waals surface area contributed by atoms with Crippen molar-refractivity contribution in [3.63, 3.8) is 0 Å². The van der Waals surface area contributed by atoms with Crippen LogP contribution in [0.1, 0.15) is 97.5 Å². The topological polar surface area (TPSA) is 23.5 Å². The first kappa shape index (κ1) is 22.8. The van der Waals surface area contributed by atoms with E-state index in [0.29, 0.717) is 17.9 Å². The molecule has 0 saturated heterocycles. The minimum absolute atomic E-state index is 0.00236. The second kappa shape index (κ2) is 10.4. The molecule has 0 radical (unpaired) electrons. The van der Waals surface area contributed by atoms with Gasteiger partial charge in [-0.1, -0.05) is 76.3 Å². The summed E-state index contributed by atoms with van der Waals surface area (Å²) in [6, 6.07) is 11.6. The van der Waals surface area contributed by atoms with Crippen molar-refractivity contribution in [2.24, 2.45) is 17.8 Å². The van der Waals surface area contributed by atoms with Crippen molar-refractivity contribution in [1.29, 1.82) is 0 Å². The smallest absolute Gasteiger partial charge is 0.0588 e. The zero-order valence-corrected chi connectivity index (χ0v) is 19.4. The molecule has 2 aliphatic rings. The second-order valence-corrected chi connectivity index (χ2v) is 10.6. The van der Waals surface area contributed by atoms with Crippen molar-refractivity contribution in [3.05, 3.63) is 35.9 Å². The molecule has 1 aromatic rings. The Kier molecular flexibility index (Phi) is 8.22. The van der Waals surface area contributed by atoms with E-state index in [9.17, 15) is 5.11 Å². The summed E-state index contributed by atoms with van der Waals surface area (Å²) < 4.78 is 0. The predicted octanol–water partition coefficient (Wildman–Crippen LogP) is 6.81. The van der Waals surface area contributed by atoms with Crippen LogP contribution >= 0.6 is 0 Å². The highest BCUT2D eigenvalue weighted by Crippen LogP contribution is 2.42. The largest absolute Gasteiger partial charge is 0.393 e. The Bertz CT molecular complexity index is 590. The van der Waals surface area contributed by atoms with Crippen LogP contribution in [0.3, 0.4) is 0 Å². The third kappa shape index (κ3) is 5.64. The summed E-state index contributed by atoms with van der Waals surface area (Å²) in [5.41, 5.74) is 1.41. The van der Waals surface area contributed by atoms with Gasteiger partial charge in [0.1, 0.15) is 0 Å². The molecule has 0 unspecified atom stereocenters. The van der Waals surface area contributed by atoms with Gasteiger partial charge in [0, 0.05) is 24.0 Å². The zero-order valence-electron chi connectivity index (χ0n) is 19.4. The minimum Gasteiger partial charge on any atom is -0.393 e. The maximum atomic E-state index is 11.1. The normalized spacial score (nSPS) is 28.3. The van der Waals surface area contributed by atoms with Gasteiger partial charge in [0.05, 0.1) is 6.10 Å². The van der Waals surface area contributed by atoms with Gasteiger partial charge in [-0.3, -0.25) is 4.90 Å². The molecule has 0 aliphatic heterocycles. The van der Waals surface area contributed by atoms with Crippen molar-refractivity contribution in [1.82, 2.24) is 4.90 Å². The Balaban J connectivity index is 1.90. The fourth-order valence-electron chi connectivity index (χ4n) is 6.42. The molecule has 2 heteroatoms. The highest BCUT2D eigenvalue weighted by molar-refractivity contribution is 5.16. The van der Waals surface area contributed by atoms with E-state index in [1.807, 2.05) is 0 Å². The van der Waals surface area contributed by atoms with Crippen LogP contribution in [-0.4, -0.2) is 27.7 Å². The number of hydrogen-bond donors (Lipinski definition) is 1. The van der Waals surface area contributed by atoms with E-state index in [1.165, 1.54) is 56.9 Å². The van der Waals surface area contributed by atoms with E-state index in [-0.39, 0.29) is 11.6 Å². The summed E-state index contributed by atoms with van der Waals surface area (Å²) in [5.74, 6) is 1.82. The molecule has 2 saturated carbocycles. The first-order valence-corrected chi connectivity index (χ1v) is 12.4. The van der Waals surface area contributed by atoms with Gasteiger partial charge in [0.25, 0.3) is 0 Å². The first-order valence-electron chi connectivity index (χ1n) is 12.4. The summed E-state index contributed by atoms with van der Waals surface area (Å²) >= 11 is 0. The van der Waals surface area contributed by atoms with E-state index in [0.717, 1.165) is 25.3 Å². The summed E-state index contributed by atoms with van der Waals surface area (Å²) in [5, 5.41) is 11.1. The van der Waals surface area contributed by atoms with E-state index in [1.54, 1.807) is 0 Å². The number of hydrogen-bond acceptors (Lipinski definition) is 2. The van der Waals surface area contributed by atoms with E-state index in [4.69, 9.17) is 0 Å². The maximum absolute atomic E-state index is 11.1. The molecule has 4 atom stereocenters. The summed E-state index contributed by atoms with van der Waals surface area (Å²) in [4.78, 5) is 2.82. The monoisotopic (exact) mass is 399 g/mol. The first-order chi connectivity index (χ1) is 13.9. The molecule has 2 aliphatic carbocycles. The lowest BCUT2D eigenvalue weighted by atomic mass is 9.70. The number of nitrogens with zero attached hydrogens (tertiary/aromatic N) is 1. The molecule has 0 spiro atoms. The van der Waals surface area contributed by atoms with Crippen LogP contribution in [0.5, 0.6) is 0 Å². The van der Waals surface area contributed by atoms with Crippen LogP contribution in [0, 0.1) is 17.8 Å². The molecular weight excluding hydrogens is 354 g/mol. The number of aliphatic hydroxyl groups excluding tert-OH is 1. The lowest BCUT2D eigenvalue weighted by Gasteiger charge is -2.53. The van der Waals surface area contributed by atoms with E-state index >= 15 is 0 Å². The summed E-state index contributed by atoms with van der Waals surface area (Å²) in [7, 11) is 0. The number of aliphatic hydroxyl groups is 1. The molecule has 0 aromatic heterocycles. The number of rotatable bonds is 7. The Morgan fingerprint density at radius 2 is 1.66 bits per heavy atom. The molecule has 2 fully saturated rings. The third-order valence-electron chi connectivity index (χ3n) is 8.18. The summed E-state index contributed by atoms with van der Waals surface area (Å²) in [6.07, 6.45) is 12.8. The highest BCUT2D eigenvalue weighted by Gasteiger charge is 2.45. The molecule has 0 amide bonds. The van der Waals surface area contributed by atoms with Crippen LogP contribution in [0.2, 0.25) is 0 Å². The van der Waals surface area contributed by atoms with Crippen LogP contribution < -0.4 is 0 Å². The average Bonchev–Trinajstić information content (AvgIpc) is 2.98. The number of benzene rings is 1. The summed E-state index contributed by atoms with van der Waals surface area (Å²) in [6.45, 7) is 10.6. The Labute approximate surface area is 180 Å². The van der Waals surface area contributed by atoms with Crippen molar-refractivity contribution in [3.8, 4) is 0 Å². The minimum atomic E-state index is -0.168. The lowest BCUT2D eigenvalue weighted by Crippen LogP contribution is -2.58. The van der Waals surface area contributed by atoms with Crippen LogP contribution in [0.25, 0.3) is 0 Å². The van der Waals surface area contributed by atoms with Gasteiger partial charge in [-0.15, -0.1) is 0 Å². The van der Waals surface area contributed by atoms with Gasteiger partial charge < -0.3 is 5.11 Å². The zero-order chi connectivity index (χ0) is 20.9. The lowest BCUT2D eigenvalue weighted by molar-refractivity contribution is -0.0757. The third-order valence-corrected chi connectivity index (χ3v) is 8.18. The molecule has 1 N–H and O–H groups in total. The van der Waals surface area contributed by atoms with Crippen LogP contribution in [0.15, 0.2) is 30.3 Å². The fourth-order valence-corrected chi connectivity index (χ4v) is 6.42. The van der Waals surface area contributed by atoms with Crippen molar-refractivity contribution < 1.29 is 5.11 Å². The molecule has 3 rings (SSSR count). The molecular formula is C27H45NO. The molecule has 2 nitrogen and oxygen atoms in total. The van der Waals surface area contributed by atoms with E-state index < -0.39 is 0 Å². The second-order valence-electron chi connectivity index (χ2n) is 10.6. The highest BCUT2D eigenvalue weighted by atomic mass is 16.3. The van der Waals surface area contributed by atoms with Gasteiger partial charge in [0.15, 0.2) is 0 Å². The predicted molar refractivity (Wildman–Crippen MR) is 124 cm³/mol. The van der Waals surface area contributed by atoms with Gasteiger partial charge >= 0.3 is 0 Å². The van der Waals surface area contributed by atoms with Crippen molar-refractivity contribution in [2.45, 2.75) is 116 Å².